The van der Waals surface area contributed by atoms with E-state index in [9.17, 15) is 14.7 Å². The van der Waals surface area contributed by atoms with Gasteiger partial charge in [0.05, 0.1) is 26.2 Å². The highest BCUT2D eigenvalue weighted by molar-refractivity contribution is 5.99. The Hall–Kier alpha value is -4.08. The minimum Gasteiger partial charge on any atom is -0.497 e. The molecule has 0 aliphatic carbocycles. The van der Waals surface area contributed by atoms with Crippen LogP contribution in [0.4, 0.5) is 16.2 Å². The molecule has 0 radical (unpaired) electrons. The molecule has 3 amide bonds. The summed E-state index contributed by atoms with van der Waals surface area (Å²) in [6.45, 7) is 0.335. The maximum atomic E-state index is 12.6. The highest BCUT2D eigenvalue weighted by Gasteiger charge is 2.46. The SMILES string of the molecule is COc1ccc(NC(=O)Nc2ccc3c(c2)[C@@H]2C[C@H](CC(=O)NCCc4ccccc4)O[C@H](CO)[C@@H]2O3)cc1. The lowest BCUT2D eigenvalue weighted by molar-refractivity contribution is -0.142. The van der Waals surface area contributed by atoms with Gasteiger partial charge in [0.2, 0.25) is 5.91 Å². The van der Waals surface area contributed by atoms with E-state index in [1.54, 1.807) is 37.4 Å². The maximum Gasteiger partial charge on any atom is 0.323 e. The molecule has 0 bridgehead atoms. The number of hydrogen-bond acceptors (Lipinski definition) is 6. The minimum absolute atomic E-state index is 0.0700. The Morgan fingerprint density at radius 3 is 2.49 bits per heavy atom. The molecular weight excluding hydrogens is 498 g/mol. The molecule has 3 aromatic rings. The predicted molar refractivity (Wildman–Crippen MR) is 147 cm³/mol. The van der Waals surface area contributed by atoms with Gasteiger partial charge < -0.3 is 35.3 Å². The topological polar surface area (TPSA) is 118 Å². The van der Waals surface area contributed by atoms with Crippen molar-refractivity contribution in [3.8, 4) is 11.5 Å². The van der Waals surface area contributed by atoms with Gasteiger partial charge in [0.1, 0.15) is 23.7 Å². The molecular formula is C30H33N3O6. The van der Waals surface area contributed by atoms with Gasteiger partial charge in [-0.2, -0.15) is 0 Å². The summed E-state index contributed by atoms with van der Waals surface area (Å²) in [5.41, 5.74) is 3.35. The second kappa shape index (κ2) is 12.2. The van der Waals surface area contributed by atoms with Crippen molar-refractivity contribution in [2.45, 2.75) is 43.5 Å². The molecule has 4 N–H and O–H groups in total. The average Bonchev–Trinajstić information content (AvgIpc) is 3.31. The minimum atomic E-state index is -0.548. The van der Waals surface area contributed by atoms with Crippen molar-refractivity contribution in [3.63, 3.8) is 0 Å². The number of aliphatic hydroxyl groups is 1. The van der Waals surface area contributed by atoms with Crippen molar-refractivity contribution >= 4 is 23.3 Å². The number of hydrogen-bond donors (Lipinski definition) is 4. The van der Waals surface area contributed by atoms with E-state index >= 15 is 0 Å². The Kier molecular flexibility index (Phi) is 8.29. The molecule has 1 fully saturated rings. The van der Waals surface area contributed by atoms with Crippen LogP contribution in [0.15, 0.2) is 72.8 Å². The molecule has 4 atom stereocenters. The van der Waals surface area contributed by atoms with E-state index in [2.05, 4.69) is 16.0 Å². The van der Waals surface area contributed by atoms with Crippen LogP contribution < -0.4 is 25.4 Å². The van der Waals surface area contributed by atoms with E-state index < -0.39 is 6.10 Å². The number of rotatable bonds is 9. The van der Waals surface area contributed by atoms with Crippen molar-refractivity contribution in [2.75, 3.05) is 30.9 Å². The highest BCUT2D eigenvalue weighted by Crippen LogP contribution is 2.47. The number of amides is 3. The van der Waals surface area contributed by atoms with Crippen LogP contribution in [-0.4, -0.2) is 55.6 Å². The van der Waals surface area contributed by atoms with Gasteiger partial charge in [0.15, 0.2) is 0 Å². The smallest absolute Gasteiger partial charge is 0.323 e. The van der Waals surface area contributed by atoms with Crippen LogP contribution in [0, 0.1) is 0 Å². The zero-order chi connectivity index (χ0) is 27.2. The van der Waals surface area contributed by atoms with Crippen molar-refractivity contribution in [2.24, 2.45) is 0 Å². The van der Waals surface area contributed by atoms with Crippen LogP contribution >= 0.6 is 0 Å². The molecule has 2 heterocycles. The third kappa shape index (κ3) is 6.50. The Morgan fingerprint density at radius 1 is 1.00 bits per heavy atom. The first-order valence-corrected chi connectivity index (χ1v) is 13.1. The van der Waals surface area contributed by atoms with E-state index in [-0.39, 0.29) is 43.1 Å². The fourth-order valence-corrected chi connectivity index (χ4v) is 5.20. The van der Waals surface area contributed by atoms with Crippen molar-refractivity contribution < 1.29 is 28.9 Å². The van der Waals surface area contributed by atoms with Gasteiger partial charge in [-0.05, 0) is 60.9 Å². The summed E-state index contributed by atoms with van der Waals surface area (Å²) >= 11 is 0. The summed E-state index contributed by atoms with van der Waals surface area (Å²) in [6.07, 6.45) is 0.266. The number of urea groups is 1. The van der Waals surface area contributed by atoms with Gasteiger partial charge in [0.25, 0.3) is 0 Å². The van der Waals surface area contributed by atoms with Crippen LogP contribution in [-0.2, 0) is 16.0 Å². The molecule has 204 valence electrons. The van der Waals surface area contributed by atoms with Gasteiger partial charge in [-0.25, -0.2) is 4.79 Å². The summed E-state index contributed by atoms with van der Waals surface area (Å²) in [4.78, 5) is 25.2. The molecule has 5 rings (SSSR count). The monoisotopic (exact) mass is 531 g/mol. The van der Waals surface area contributed by atoms with Crippen molar-refractivity contribution in [3.05, 3.63) is 83.9 Å². The lowest BCUT2D eigenvalue weighted by Crippen LogP contribution is -2.47. The molecule has 0 unspecified atom stereocenters. The van der Waals surface area contributed by atoms with E-state index in [0.717, 1.165) is 17.5 Å². The molecule has 3 aromatic carbocycles. The summed E-state index contributed by atoms with van der Waals surface area (Å²) in [7, 11) is 1.59. The van der Waals surface area contributed by atoms with Crippen molar-refractivity contribution in [1.82, 2.24) is 5.32 Å². The summed E-state index contributed by atoms with van der Waals surface area (Å²) < 4.78 is 17.3. The Labute approximate surface area is 227 Å². The third-order valence-electron chi connectivity index (χ3n) is 7.10. The number of carbonyl (C=O) groups excluding carboxylic acids is 2. The number of benzene rings is 3. The maximum absolute atomic E-state index is 12.6. The normalized spacial score (nSPS) is 21.2. The first kappa shape index (κ1) is 26.5. The number of ether oxygens (including phenoxy) is 3. The number of aliphatic hydroxyl groups excluding tert-OH is 1. The van der Waals surface area contributed by atoms with Crippen molar-refractivity contribution in [1.29, 1.82) is 0 Å². The molecule has 9 heteroatoms. The van der Waals surface area contributed by atoms with Crippen LogP contribution in [0.25, 0.3) is 0 Å². The lowest BCUT2D eigenvalue weighted by atomic mass is 9.84. The van der Waals surface area contributed by atoms with Gasteiger partial charge >= 0.3 is 6.03 Å². The Morgan fingerprint density at radius 2 is 1.74 bits per heavy atom. The Balaban J connectivity index is 1.19. The molecule has 1 saturated heterocycles. The zero-order valence-electron chi connectivity index (χ0n) is 21.8. The number of methoxy groups -OCH3 is 1. The van der Waals surface area contributed by atoms with Gasteiger partial charge in [-0.15, -0.1) is 0 Å². The standard InChI is InChI=1S/C30H33N3O6/c1-37-22-10-7-20(8-11-22)32-30(36)33-21-9-12-26-24(15-21)25-16-23(38-27(18-34)29(25)39-26)17-28(35)31-14-13-19-5-3-2-4-6-19/h2-12,15,23,25,27,29,34H,13-14,16-18H2,1H3,(H,31,35)(H2,32,33,36)/t23-,25+,27-,29-/m1/s1. The second-order valence-electron chi connectivity index (χ2n) is 9.75. The fourth-order valence-electron chi connectivity index (χ4n) is 5.20. The first-order chi connectivity index (χ1) is 19.0. The molecule has 39 heavy (non-hydrogen) atoms. The molecule has 9 nitrogen and oxygen atoms in total. The van der Waals surface area contributed by atoms with E-state index in [4.69, 9.17) is 14.2 Å². The number of carbonyl (C=O) groups is 2. The van der Waals surface area contributed by atoms with E-state index in [1.165, 1.54) is 0 Å². The first-order valence-electron chi connectivity index (χ1n) is 13.1. The molecule has 2 aliphatic heterocycles. The molecule has 0 aromatic heterocycles. The van der Waals surface area contributed by atoms with Crippen LogP contribution in [0.2, 0.25) is 0 Å². The van der Waals surface area contributed by atoms with Crippen LogP contribution in [0.3, 0.4) is 0 Å². The fraction of sp³-hybridized carbons (Fsp3) is 0.333. The van der Waals surface area contributed by atoms with Crippen LogP contribution in [0.1, 0.15) is 29.9 Å². The number of fused-ring (bicyclic) bond motifs is 3. The zero-order valence-corrected chi connectivity index (χ0v) is 21.8. The largest absolute Gasteiger partial charge is 0.497 e. The third-order valence-corrected chi connectivity index (χ3v) is 7.10. The number of anilines is 2. The average molecular weight is 532 g/mol. The van der Waals surface area contributed by atoms with E-state index in [1.807, 2.05) is 42.5 Å². The Bertz CT molecular complexity index is 1280. The molecule has 0 spiro atoms. The summed E-state index contributed by atoms with van der Waals surface area (Å²) in [6, 6.07) is 22.2. The quantitative estimate of drug-likeness (QED) is 0.331. The van der Waals surface area contributed by atoms with Gasteiger partial charge in [0, 0.05) is 29.4 Å². The van der Waals surface area contributed by atoms with Gasteiger partial charge in [-0.1, -0.05) is 30.3 Å². The number of nitrogens with one attached hydrogen (secondary N) is 3. The summed E-state index contributed by atoms with van der Waals surface area (Å²) in [5, 5.41) is 18.6. The molecule has 2 aliphatic rings. The lowest BCUT2D eigenvalue weighted by Gasteiger charge is -2.37. The highest BCUT2D eigenvalue weighted by atomic mass is 16.6. The van der Waals surface area contributed by atoms with Crippen LogP contribution in [0.5, 0.6) is 11.5 Å². The predicted octanol–water partition coefficient (Wildman–Crippen LogP) is 4.08. The summed E-state index contributed by atoms with van der Waals surface area (Å²) in [5.74, 6) is 1.24. The molecule has 0 saturated carbocycles. The van der Waals surface area contributed by atoms with E-state index in [0.29, 0.717) is 35.8 Å². The van der Waals surface area contributed by atoms with Gasteiger partial charge in [-0.3, -0.25) is 4.79 Å². The second-order valence-corrected chi connectivity index (χ2v) is 9.75.